The number of nitrogens with one attached hydrogen (secondary N) is 2. The third-order valence-corrected chi connectivity index (χ3v) is 4.81. The van der Waals surface area contributed by atoms with Crippen LogP contribution in [0.2, 0.25) is 0 Å². The second kappa shape index (κ2) is 6.73. The summed E-state index contributed by atoms with van der Waals surface area (Å²) in [6.07, 6.45) is 3.87. The lowest BCUT2D eigenvalue weighted by Gasteiger charge is -2.29. The summed E-state index contributed by atoms with van der Waals surface area (Å²) in [5, 5.41) is 3.66. The van der Waals surface area contributed by atoms with Crippen LogP contribution in [0.15, 0.2) is 29.1 Å². The van der Waals surface area contributed by atoms with Crippen molar-refractivity contribution in [2.45, 2.75) is 44.6 Å². The van der Waals surface area contributed by atoms with E-state index >= 15 is 0 Å². The van der Waals surface area contributed by atoms with Gasteiger partial charge in [-0.15, -0.1) is 0 Å². The maximum atomic E-state index is 12.2. The maximum Gasteiger partial charge on any atom is 0.258 e. The van der Waals surface area contributed by atoms with Gasteiger partial charge in [-0.25, -0.2) is 4.98 Å². The molecule has 6 nitrogen and oxygen atoms in total. The molecule has 3 rings (SSSR count). The van der Waals surface area contributed by atoms with E-state index in [4.69, 9.17) is 5.73 Å². The number of H-pyrrole nitrogens is 1. The van der Waals surface area contributed by atoms with Crippen molar-refractivity contribution >= 4 is 16.8 Å². The van der Waals surface area contributed by atoms with Crippen LogP contribution in [-0.2, 0) is 11.2 Å². The molecule has 0 aliphatic heterocycles. The number of hydrogen-bond acceptors (Lipinski definition) is 4. The summed E-state index contributed by atoms with van der Waals surface area (Å²) in [5.41, 5.74) is 6.09. The zero-order valence-corrected chi connectivity index (χ0v) is 14.0. The molecule has 1 aliphatic carbocycles. The van der Waals surface area contributed by atoms with Crippen LogP contribution in [-0.4, -0.2) is 28.0 Å². The van der Waals surface area contributed by atoms with Crippen LogP contribution >= 0.6 is 0 Å². The van der Waals surface area contributed by atoms with E-state index in [1.54, 1.807) is 6.07 Å². The van der Waals surface area contributed by atoms with E-state index in [0.717, 1.165) is 12.8 Å². The van der Waals surface area contributed by atoms with Gasteiger partial charge in [0, 0.05) is 19.4 Å². The Morgan fingerprint density at radius 2 is 2.17 bits per heavy atom. The number of carbonyl (C=O) groups is 1. The third-order valence-electron chi connectivity index (χ3n) is 4.81. The Balaban J connectivity index is 1.56. The van der Waals surface area contributed by atoms with Crippen LogP contribution in [0.25, 0.3) is 10.9 Å². The fraction of sp³-hybridized carbons (Fsp3) is 0.500. The molecule has 1 unspecified atom stereocenters. The average Bonchev–Trinajstić information content (AvgIpc) is 3.40. The van der Waals surface area contributed by atoms with Crippen molar-refractivity contribution < 1.29 is 4.79 Å². The molecular weight excluding hydrogens is 304 g/mol. The van der Waals surface area contributed by atoms with Crippen LogP contribution in [0.3, 0.4) is 0 Å². The Kier molecular flexibility index (Phi) is 4.66. The molecule has 0 spiro atoms. The molecule has 4 N–H and O–H groups in total. The first kappa shape index (κ1) is 16.6. The van der Waals surface area contributed by atoms with Crippen LogP contribution in [0.5, 0.6) is 0 Å². The highest BCUT2D eigenvalue weighted by Gasteiger charge is 2.41. The van der Waals surface area contributed by atoms with Gasteiger partial charge in [0.1, 0.15) is 5.82 Å². The summed E-state index contributed by atoms with van der Waals surface area (Å²) in [7, 11) is 0. The molecule has 6 heteroatoms. The number of nitrogens with zero attached hydrogens (tertiary/aromatic N) is 1. The number of aryl methyl sites for hydroxylation is 1. The van der Waals surface area contributed by atoms with Crippen LogP contribution in [0.4, 0.5) is 0 Å². The van der Waals surface area contributed by atoms with E-state index < -0.39 is 0 Å². The largest absolute Gasteiger partial charge is 0.349 e. The van der Waals surface area contributed by atoms with Crippen molar-refractivity contribution in [3.63, 3.8) is 0 Å². The number of amides is 1. The van der Waals surface area contributed by atoms with Crippen molar-refractivity contribution in [2.24, 2.45) is 11.7 Å². The Morgan fingerprint density at radius 1 is 1.42 bits per heavy atom. The standard InChI is InChI=1S/C18H24N4O2/c1-18(11-19,12-9-10-12)22-16(23)8-4-7-15-20-14-6-3-2-5-13(14)17(24)21-15/h2-3,5-6,12H,4,7-11,19H2,1H3,(H,22,23)(H,20,21,24). The molecule has 0 saturated heterocycles. The molecule has 128 valence electrons. The quantitative estimate of drug-likeness (QED) is 0.717. The summed E-state index contributed by atoms with van der Waals surface area (Å²) < 4.78 is 0. The van der Waals surface area contributed by atoms with E-state index in [-0.39, 0.29) is 17.0 Å². The summed E-state index contributed by atoms with van der Waals surface area (Å²) in [5.74, 6) is 1.14. The van der Waals surface area contributed by atoms with E-state index in [1.165, 1.54) is 0 Å². The van der Waals surface area contributed by atoms with Gasteiger partial charge < -0.3 is 16.0 Å². The molecular formula is C18H24N4O2. The molecule has 1 atom stereocenters. The SMILES string of the molecule is CC(CN)(NC(=O)CCCc1nc2ccccc2c(=O)[nH]1)C1CC1. The van der Waals surface area contributed by atoms with E-state index in [1.807, 2.05) is 25.1 Å². The van der Waals surface area contributed by atoms with Crippen molar-refractivity contribution in [2.75, 3.05) is 6.54 Å². The first-order chi connectivity index (χ1) is 11.5. The topological polar surface area (TPSA) is 101 Å². The van der Waals surface area contributed by atoms with Crippen LogP contribution < -0.4 is 16.6 Å². The van der Waals surface area contributed by atoms with Gasteiger partial charge in [-0.2, -0.15) is 0 Å². The monoisotopic (exact) mass is 328 g/mol. The number of fused-ring (bicyclic) bond motifs is 1. The Labute approximate surface area is 140 Å². The molecule has 1 aromatic heterocycles. The minimum Gasteiger partial charge on any atom is -0.349 e. The van der Waals surface area contributed by atoms with E-state index in [2.05, 4.69) is 15.3 Å². The highest BCUT2D eigenvalue weighted by molar-refractivity contribution is 5.77. The second-order valence-corrected chi connectivity index (χ2v) is 6.83. The maximum absolute atomic E-state index is 12.2. The highest BCUT2D eigenvalue weighted by Crippen LogP contribution is 2.38. The molecule has 1 saturated carbocycles. The summed E-state index contributed by atoms with van der Waals surface area (Å²) in [6, 6.07) is 7.25. The third kappa shape index (κ3) is 3.64. The molecule has 1 amide bonds. The van der Waals surface area contributed by atoms with Gasteiger partial charge in [-0.3, -0.25) is 9.59 Å². The molecule has 0 bridgehead atoms. The number of hydrogen-bond donors (Lipinski definition) is 3. The zero-order valence-electron chi connectivity index (χ0n) is 14.0. The molecule has 24 heavy (non-hydrogen) atoms. The number of benzene rings is 1. The predicted octanol–water partition coefficient (Wildman–Crippen LogP) is 1.49. The molecule has 2 aromatic rings. The number of nitrogens with two attached hydrogens (primary N) is 1. The first-order valence-electron chi connectivity index (χ1n) is 8.51. The predicted molar refractivity (Wildman–Crippen MR) is 93.6 cm³/mol. The van der Waals surface area contributed by atoms with Crippen molar-refractivity contribution in [3.05, 3.63) is 40.4 Å². The lowest BCUT2D eigenvalue weighted by Crippen LogP contribution is -2.53. The highest BCUT2D eigenvalue weighted by atomic mass is 16.1. The number of para-hydroxylation sites is 1. The molecule has 0 radical (unpaired) electrons. The number of rotatable bonds is 7. The number of carbonyl (C=O) groups excluding carboxylic acids is 1. The van der Waals surface area contributed by atoms with Gasteiger partial charge in [0.05, 0.1) is 16.4 Å². The van der Waals surface area contributed by atoms with Gasteiger partial charge in [0.25, 0.3) is 5.56 Å². The van der Waals surface area contributed by atoms with E-state index in [9.17, 15) is 9.59 Å². The zero-order chi connectivity index (χ0) is 17.2. The van der Waals surface area contributed by atoms with Crippen molar-refractivity contribution in [3.8, 4) is 0 Å². The summed E-state index contributed by atoms with van der Waals surface area (Å²) >= 11 is 0. The van der Waals surface area contributed by atoms with Crippen LogP contribution in [0, 0.1) is 5.92 Å². The van der Waals surface area contributed by atoms with Gasteiger partial charge in [-0.05, 0) is 44.2 Å². The van der Waals surface area contributed by atoms with Crippen molar-refractivity contribution in [1.29, 1.82) is 0 Å². The van der Waals surface area contributed by atoms with Gasteiger partial charge >= 0.3 is 0 Å². The molecule has 1 aromatic carbocycles. The second-order valence-electron chi connectivity index (χ2n) is 6.83. The number of aromatic amines is 1. The van der Waals surface area contributed by atoms with Gasteiger partial charge in [0.2, 0.25) is 5.91 Å². The number of aromatic nitrogens is 2. The molecule has 1 fully saturated rings. The Hall–Kier alpha value is -2.21. The fourth-order valence-corrected chi connectivity index (χ4v) is 3.09. The molecule has 1 aliphatic rings. The lowest BCUT2D eigenvalue weighted by atomic mass is 9.95. The van der Waals surface area contributed by atoms with E-state index in [0.29, 0.717) is 48.5 Å². The van der Waals surface area contributed by atoms with Crippen molar-refractivity contribution in [1.82, 2.24) is 15.3 Å². The lowest BCUT2D eigenvalue weighted by molar-refractivity contribution is -0.123. The summed E-state index contributed by atoms with van der Waals surface area (Å²) in [6.45, 7) is 2.48. The fourth-order valence-electron chi connectivity index (χ4n) is 3.09. The Morgan fingerprint density at radius 3 is 2.88 bits per heavy atom. The minimum absolute atomic E-state index is 0.0120. The smallest absolute Gasteiger partial charge is 0.258 e. The Bertz CT molecular complexity index is 797. The normalized spacial score (nSPS) is 16.8. The minimum atomic E-state index is -0.285. The van der Waals surface area contributed by atoms with Gasteiger partial charge in [0.15, 0.2) is 0 Å². The first-order valence-corrected chi connectivity index (χ1v) is 8.51. The van der Waals surface area contributed by atoms with Gasteiger partial charge in [-0.1, -0.05) is 12.1 Å². The average molecular weight is 328 g/mol. The summed E-state index contributed by atoms with van der Waals surface area (Å²) in [4.78, 5) is 31.4. The van der Waals surface area contributed by atoms with Crippen LogP contribution in [0.1, 0.15) is 38.4 Å². The molecule has 1 heterocycles.